The summed E-state index contributed by atoms with van der Waals surface area (Å²) >= 11 is 0. The molecule has 0 amide bonds. The van der Waals surface area contributed by atoms with Gasteiger partial charge >= 0.3 is 0 Å². The van der Waals surface area contributed by atoms with E-state index >= 15 is 0 Å². The van der Waals surface area contributed by atoms with Crippen LogP contribution >= 0.6 is 0 Å². The fourth-order valence-corrected chi connectivity index (χ4v) is 4.60. The van der Waals surface area contributed by atoms with E-state index in [1.807, 2.05) is 0 Å². The predicted octanol–water partition coefficient (Wildman–Crippen LogP) is -1.18. The van der Waals surface area contributed by atoms with Gasteiger partial charge < -0.3 is 63.8 Å². The van der Waals surface area contributed by atoms with Gasteiger partial charge in [-0.3, -0.25) is 4.79 Å². The molecule has 0 bridgehead atoms. The number of hydrogen-bond acceptors (Lipinski definition) is 14. The lowest BCUT2D eigenvalue weighted by Gasteiger charge is -2.41. The summed E-state index contributed by atoms with van der Waals surface area (Å²) in [5.74, 6) is 0.362. The van der Waals surface area contributed by atoms with Gasteiger partial charge in [0.15, 0.2) is 11.7 Å². The highest BCUT2D eigenvalue weighted by molar-refractivity contribution is 5.86. The second-order valence-electron chi connectivity index (χ2n) is 9.74. The first-order valence-electron chi connectivity index (χ1n) is 12.7. The highest BCUT2D eigenvalue weighted by Crippen LogP contribution is 2.34. The van der Waals surface area contributed by atoms with Crippen LogP contribution in [0.15, 0.2) is 51.7 Å². The molecule has 0 saturated carbocycles. The number of aliphatic hydroxyl groups excluding tert-OH is 6. The first kappa shape index (κ1) is 29.2. The zero-order chi connectivity index (χ0) is 29.4. The molecular formula is C27H30O14. The largest absolute Gasteiger partial charge is 0.508 e. The minimum Gasteiger partial charge on any atom is -0.508 e. The minimum atomic E-state index is -1.76. The van der Waals surface area contributed by atoms with Crippen molar-refractivity contribution in [3.63, 3.8) is 0 Å². The number of fused-ring (bicyclic) bond motifs is 1. The molecule has 2 saturated heterocycles. The Labute approximate surface area is 232 Å². The zero-order valence-electron chi connectivity index (χ0n) is 21.6. The molecule has 7 N–H and O–H groups in total. The lowest BCUT2D eigenvalue weighted by Crippen LogP contribution is -2.61. The molecule has 0 unspecified atom stereocenters. The molecule has 0 aliphatic carbocycles. The molecule has 5 rings (SSSR count). The number of benzene rings is 2. The summed E-state index contributed by atoms with van der Waals surface area (Å²) in [6, 6.07) is 10.1. The van der Waals surface area contributed by atoms with Crippen LogP contribution in [-0.2, 0) is 14.2 Å². The molecule has 222 valence electrons. The first-order valence-corrected chi connectivity index (χ1v) is 12.7. The lowest BCUT2D eigenvalue weighted by atomic mass is 9.99. The Hall–Kier alpha value is -3.31. The predicted molar refractivity (Wildman–Crippen MR) is 137 cm³/mol. The highest BCUT2D eigenvalue weighted by Gasteiger charge is 2.46. The number of phenolic OH excluding ortho intramolecular Hbond substituents is 1. The van der Waals surface area contributed by atoms with E-state index in [0.717, 1.165) is 0 Å². The first-order chi connectivity index (χ1) is 19.6. The van der Waals surface area contributed by atoms with E-state index in [1.54, 1.807) is 12.1 Å². The molecule has 9 atom stereocenters. The van der Waals surface area contributed by atoms with Gasteiger partial charge in [0, 0.05) is 23.8 Å². The molecule has 0 radical (unpaired) electrons. The number of ether oxygens (including phenoxy) is 5. The fourth-order valence-electron chi connectivity index (χ4n) is 4.60. The van der Waals surface area contributed by atoms with Crippen molar-refractivity contribution >= 4 is 11.0 Å². The molecule has 3 aromatic rings. The van der Waals surface area contributed by atoms with Crippen molar-refractivity contribution in [1.29, 1.82) is 0 Å². The molecular weight excluding hydrogens is 548 g/mol. The number of aromatic hydroxyl groups is 1. The van der Waals surface area contributed by atoms with Gasteiger partial charge in [0.1, 0.15) is 76.7 Å². The maximum Gasteiger partial charge on any atom is 0.229 e. The van der Waals surface area contributed by atoms with E-state index in [1.165, 1.54) is 37.4 Å². The van der Waals surface area contributed by atoms with Crippen molar-refractivity contribution < 1.29 is 63.8 Å². The Morgan fingerprint density at radius 3 is 2.29 bits per heavy atom. The van der Waals surface area contributed by atoms with Crippen LogP contribution in [0.3, 0.4) is 0 Å². The molecule has 2 aliphatic rings. The number of hydrogen-bond donors (Lipinski definition) is 7. The fraction of sp³-hybridized carbons (Fsp3) is 0.444. The SMILES string of the molecule is COc1cc(O[C@@H]2O[C@H](CO[C@H]3OC[C@@H](O)[C@H](O)[C@H]3O)[C@@H](O)[C@H](O)[C@H]2O)c2c(=O)cc(-c3ccc(O)cc3)oc2c1. The standard InChI is InChI=1S/C27H30O14/c1-36-13-6-17-20(14(29)8-16(39-17)11-2-4-12(28)5-3-11)18(7-13)40-27-25(35)23(33)22(32)19(41-27)10-38-26-24(34)21(31)15(30)9-37-26/h2-8,15,19,21-28,30-35H,9-10H2,1H3/t15-,19-,21+,22-,23+,24-,25-,26-,27-/m1/s1. The number of methoxy groups -OCH3 is 1. The average Bonchev–Trinajstić information content (AvgIpc) is 2.96. The van der Waals surface area contributed by atoms with Crippen LogP contribution < -0.4 is 14.9 Å². The summed E-state index contributed by atoms with van der Waals surface area (Å²) in [5, 5.41) is 70.6. The van der Waals surface area contributed by atoms with Crippen molar-refractivity contribution in [2.75, 3.05) is 20.3 Å². The summed E-state index contributed by atoms with van der Waals surface area (Å²) in [4.78, 5) is 13.2. The van der Waals surface area contributed by atoms with E-state index < -0.39 is 67.3 Å². The summed E-state index contributed by atoms with van der Waals surface area (Å²) < 4.78 is 33.3. The van der Waals surface area contributed by atoms with Crippen molar-refractivity contribution in [3.8, 4) is 28.6 Å². The summed E-state index contributed by atoms with van der Waals surface area (Å²) in [5.41, 5.74) is 0.0824. The maximum absolute atomic E-state index is 13.2. The molecule has 0 spiro atoms. The van der Waals surface area contributed by atoms with Crippen LogP contribution in [0.5, 0.6) is 17.2 Å². The van der Waals surface area contributed by atoms with Crippen molar-refractivity contribution in [2.45, 2.75) is 55.3 Å². The Kier molecular flexibility index (Phi) is 8.47. The van der Waals surface area contributed by atoms with Gasteiger partial charge in [-0.2, -0.15) is 0 Å². The molecule has 3 heterocycles. The second kappa shape index (κ2) is 11.9. The van der Waals surface area contributed by atoms with Gasteiger partial charge in [-0.05, 0) is 24.3 Å². The van der Waals surface area contributed by atoms with E-state index in [2.05, 4.69) is 0 Å². The second-order valence-corrected chi connectivity index (χ2v) is 9.74. The van der Waals surface area contributed by atoms with E-state index in [9.17, 15) is 40.5 Å². The van der Waals surface area contributed by atoms with Gasteiger partial charge in [-0.25, -0.2) is 0 Å². The van der Waals surface area contributed by atoms with E-state index in [4.69, 9.17) is 28.1 Å². The van der Waals surface area contributed by atoms with Gasteiger partial charge in [-0.1, -0.05) is 0 Å². The van der Waals surface area contributed by atoms with Crippen LogP contribution in [0.2, 0.25) is 0 Å². The van der Waals surface area contributed by atoms with Crippen molar-refractivity contribution in [2.24, 2.45) is 0 Å². The Balaban J connectivity index is 1.40. The smallest absolute Gasteiger partial charge is 0.229 e. The molecule has 1 aromatic heterocycles. The van der Waals surface area contributed by atoms with Crippen LogP contribution in [0, 0.1) is 0 Å². The van der Waals surface area contributed by atoms with Crippen LogP contribution in [-0.4, -0.2) is 111 Å². The average molecular weight is 579 g/mol. The monoisotopic (exact) mass is 578 g/mol. The summed E-state index contributed by atoms with van der Waals surface area (Å²) in [7, 11) is 1.38. The van der Waals surface area contributed by atoms with Crippen molar-refractivity contribution in [1.82, 2.24) is 0 Å². The zero-order valence-corrected chi connectivity index (χ0v) is 21.6. The Bertz CT molecular complexity index is 1410. The summed E-state index contributed by atoms with van der Waals surface area (Å²) in [6.07, 6.45) is -13.9. The topological polar surface area (TPSA) is 218 Å². The summed E-state index contributed by atoms with van der Waals surface area (Å²) in [6.45, 7) is -0.795. The molecule has 14 heteroatoms. The maximum atomic E-state index is 13.2. The normalized spacial score (nSPS) is 32.1. The quantitative estimate of drug-likeness (QED) is 0.176. The lowest BCUT2D eigenvalue weighted by molar-refractivity contribution is -0.307. The van der Waals surface area contributed by atoms with Crippen molar-refractivity contribution in [3.05, 3.63) is 52.7 Å². The van der Waals surface area contributed by atoms with Crippen LogP contribution in [0.25, 0.3) is 22.3 Å². The Morgan fingerprint density at radius 2 is 1.59 bits per heavy atom. The third-order valence-corrected chi connectivity index (χ3v) is 6.95. The van der Waals surface area contributed by atoms with E-state index in [0.29, 0.717) is 5.56 Å². The molecule has 2 aliphatic heterocycles. The van der Waals surface area contributed by atoms with Gasteiger partial charge in [0.05, 0.1) is 20.3 Å². The highest BCUT2D eigenvalue weighted by atomic mass is 16.7. The minimum absolute atomic E-state index is 0.0242. The Morgan fingerprint density at radius 1 is 0.878 bits per heavy atom. The van der Waals surface area contributed by atoms with Gasteiger partial charge in [-0.15, -0.1) is 0 Å². The third kappa shape index (κ3) is 5.88. The molecule has 2 aromatic carbocycles. The number of rotatable bonds is 7. The van der Waals surface area contributed by atoms with Gasteiger partial charge in [0.25, 0.3) is 0 Å². The third-order valence-electron chi connectivity index (χ3n) is 6.95. The van der Waals surface area contributed by atoms with Crippen LogP contribution in [0.1, 0.15) is 0 Å². The molecule has 41 heavy (non-hydrogen) atoms. The van der Waals surface area contributed by atoms with Gasteiger partial charge in [0.2, 0.25) is 6.29 Å². The van der Waals surface area contributed by atoms with E-state index in [-0.39, 0.29) is 40.6 Å². The van der Waals surface area contributed by atoms with Crippen LogP contribution in [0.4, 0.5) is 0 Å². The number of aliphatic hydroxyl groups is 6. The molecule has 14 nitrogen and oxygen atoms in total. The molecule has 2 fully saturated rings. The number of phenols is 1.